The van der Waals surface area contributed by atoms with Crippen LogP contribution in [0.2, 0.25) is 0 Å². The van der Waals surface area contributed by atoms with E-state index in [1.54, 1.807) is 13.2 Å². The summed E-state index contributed by atoms with van der Waals surface area (Å²) in [5.74, 6) is 0.0551. The van der Waals surface area contributed by atoms with Crippen LogP contribution in [0.25, 0.3) is 0 Å². The predicted molar refractivity (Wildman–Crippen MR) is 49.8 cm³/mol. The second-order valence-corrected chi connectivity index (χ2v) is 3.55. The normalized spacial score (nSPS) is 11.9. The summed E-state index contributed by atoms with van der Waals surface area (Å²) < 4.78 is 25.9. The summed E-state index contributed by atoms with van der Waals surface area (Å²) in [5, 5.41) is 0. The molecule has 1 rings (SSSR count). The molecule has 14 heavy (non-hydrogen) atoms. The number of hydrogen-bond acceptors (Lipinski definition) is 3. The second-order valence-electron chi connectivity index (χ2n) is 2.65. The smallest absolute Gasteiger partial charge is 0.772 e. The number of hydrogen-bond donors (Lipinski definition) is 0. The van der Waals surface area contributed by atoms with Crippen LogP contribution in [0.15, 0.2) is 24.3 Å². The van der Waals surface area contributed by atoms with Crippen molar-refractivity contribution in [2.24, 2.45) is 0 Å². The molecule has 0 heterocycles. The predicted octanol–water partition coefficient (Wildman–Crippen LogP) is -1.78. The summed E-state index contributed by atoms with van der Waals surface area (Å²) in [7, 11) is 1.59. The first kappa shape index (κ1) is 14.3. The summed E-state index contributed by atoms with van der Waals surface area (Å²) in [6, 6.07) is 7.35. The number of benzene rings is 1. The van der Waals surface area contributed by atoms with Gasteiger partial charge in [0.1, 0.15) is 0 Å². The average molecular weight is 222 g/mol. The Balaban J connectivity index is 0.00000169. The van der Waals surface area contributed by atoms with E-state index in [4.69, 9.17) is 4.74 Å². The molecule has 0 fully saturated rings. The molecule has 0 saturated heterocycles. The maximum absolute atomic E-state index is 10.5. The fourth-order valence-corrected chi connectivity index (χ4v) is 1.66. The summed E-state index contributed by atoms with van der Waals surface area (Å²) in [5.41, 5.74) is 1.73. The Bertz CT molecular complexity index is 304. The minimum Gasteiger partial charge on any atom is -0.772 e. The van der Waals surface area contributed by atoms with Crippen LogP contribution in [0.1, 0.15) is 11.1 Å². The van der Waals surface area contributed by atoms with Gasteiger partial charge in [-0.2, -0.15) is 0 Å². The number of ether oxygens (including phenoxy) is 1. The van der Waals surface area contributed by atoms with Crippen LogP contribution in [0.3, 0.4) is 0 Å². The summed E-state index contributed by atoms with van der Waals surface area (Å²) >= 11 is -2.04. The monoisotopic (exact) mass is 222 g/mol. The van der Waals surface area contributed by atoms with Crippen molar-refractivity contribution >= 4 is 11.1 Å². The van der Waals surface area contributed by atoms with E-state index in [1.165, 1.54) is 0 Å². The first-order valence-corrected chi connectivity index (χ1v) is 5.10. The van der Waals surface area contributed by atoms with Crippen molar-refractivity contribution < 1.29 is 43.1 Å². The molecule has 1 unspecified atom stereocenters. The Labute approximate surface area is 108 Å². The zero-order valence-electron chi connectivity index (χ0n) is 8.36. The molecule has 1 aromatic carbocycles. The van der Waals surface area contributed by atoms with E-state index in [2.05, 4.69) is 0 Å². The fraction of sp³-hybridized carbons (Fsp3) is 0.333. The first-order chi connectivity index (χ1) is 6.24. The van der Waals surface area contributed by atoms with Crippen molar-refractivity contribution in [3.05, 3.63) is 35.4 Å². The van der Waals surface area contributed by atoms with Crippen LogP contribution in [-0.4, -0.2) is 15.9 Å². The molecule has 5 heteroatoms. The van der Waals surface area contributed by atoms with E-state index in [9.17, 15) is 8.76 Å². The third-order valence-electron chi connectivity index (χ3n) is 1.69. The molecule has 1 aromatic rings. The van der Waals surface area contributed by atoms with Crippen molar-refractivity contribution in [3.63, 3.8) is 0 Å². The van der Waals surface area contributed by atoms with Gasteiger partial charge in [-0.05, 0) is 11.1 Å². The van der Waals surface area contributed by atoms with Crippen LogP contribution in [-0.2, 0) is 28.2 Å². The summed E-state index contributed by atoms with van der Waals surface area (Å²) in [4.78, 5) is 0. The van der Waals surface area contributed by atoms with E-state index < -0.39 is 11.1 Å². The maximum Gasteiger partial charge on any atom is 1.00 e. The van der Waals surface area contributed by atoms with Gasteiger partial charge in [0.05, 0.1) is 6.61 Å². The van der Waals surface area contributed by atoms with Gasteiger partial charge in [-0.25, -0.2) is 0 Å². The number of methoxy groups -OCH3 is 1. The molecule has 0 N–H and O–H groups in total. The SMILES string of the molecule is COCc1ccccc1CS(=O)[O-].[Na+]. The molecular weight excluding hydrogens is 211 g/mol. The molecule has 1 atom stereocenters. The fourth-order valence-electron chi connectivity index (χ4n) is 1.12. The third-order valence-corrected chi connectivity index (χ3v) is 2.24. The Hall–Kier alpha value is 0.290. The van der Waals surface area contributed by atoms with Crippen molar-refractivity contribution in [3.8, 4) is 0 Å². The van der Waals surface area contributed by atoms with E-state index in [1.807, 2.05) is 18.2 Å². The van der Waals surface area contributed by atoms with Crippen LogP contribution < -0.4 is 29.6 Å². The van der Waals surface area contributed by atoms with Gasteiger partial charge in [0.15, 0.2) is 0 Å². The quantitative estimate of drug-likeness (QED) is 0.447. The van der Waals surface area contributed by atoms with Gasteiger partial charge < -0.3 is 9.29 Å². The molecule has 0 bridgehead atoms. The molecule has 0 spiro atoms. The minimum absolute atomic E-state index is 0. The van der Waals surface area contributed by atoms with Crippen molar-refractivity contribution in [2.45, 2.75) is 12.4 Å². The average Bonchev–Trinajstić information content (AvgIpc) is 2.08. The van der Waals surface area contributed by atoms with E-state index in [0.717, 1.165) is 11.1 Å². The number of rotatable bonds is 4. The zero-order chi connectivity index (χ0) is 9.68. The van der Waals surface area contributed by atoms with Crippen molar-refractivity contribution in [2.75, 3.05) is 7.11 Å². The van der Waals surface area contributed by atoms with Crippen molar-refractivity contribution in [1.82, 2.24) is 0 Å². The first-order valence-electron chi connectivity index (χ1n) is 3.85. The van der Waals surface area contributed by atoms with Crippen LogP contribution in [0, 0.1) is 0 Å². The Kier molecular flexibility index (Phi) is 7.72. The molecule has 0 saturated carbocycles. The van der Waals surface area contributed by atoms with Gasteiger partial charge in [-0.1, -0.05) is 35.3 Å². The molecular formula is C9H11NaO3S. The van der Waals surface area contributed by atoms with Gasteiger partial charge in [0.2, 0.25) is 0 Å². The third kappa shape index (κ3) is 4.68. The van der Waals surface area contributed by atoms with Crippen LogP contribution in [0.5, 0.6) is 0 Å². The summed E-state index contributed by atoms with van der Waals surface area (Å²) in [6.45, 7) is 0.452. The van der Waals surface area contributed by atoms with Crippen molar-refractivity contribution in [1.29, 1.82) is 0 Å². The van der Waals surface area contributed by atoms with Gasteiger partial charge in [-0.3, -0.25) is 4.21 Å². The zero-order valence-corrected chi connectivity index (χ0v) is 11.2. The molecule has 0 aliphatic rings. The van der Waals surface area contributed by atoms with Gasteiger partial charge in [-0.15, -0.1) is 0 Å². The Morgan fingerprint density at radius 3 is 2.43 bits per heavy atom. The second kappa shape index (κ2) is 7.56. The van der Waals surface area contributed by atoms with Crippen LogP contribution >= 0.6 is 0 Å². The molecule has 0 aliphatic carbocycles. The Morgan fingerprint density at radius 1 is 1.36 bits per heavy atom. The van der Waals surface area contributed by atoms with E-state index >= 15 is 0 Å². The Morgan fingerprint density at radius 2 is 1.93 bits per heavy atom. The molecule has 72 valence electrons. The standard InChI is InChI=1S/C9H12O3S.Na/c1-12-6-8-4-2-3-5-9(8)7-13(10)11;/h2-5H,6-7H2,1H3,(H,10,11);/q;+1/p-1. The molecule has 0 aromatic heterocycles. The molecule has 0 aliphatic heterocycles. The molecule has 0 radical (unpaired) electrons. The van der Waals surface area contributed by atoms with Crippen LogP contribution in [0.4, 0.5) is 0 Å². The summed E-state index contributed by atoms with van der Waals surface area (Å²) in [6.07, 6.45) is 0. The van der Waals surface area contributed by atoms with Gasteiger partial charge in [0.25, 0.3) is 0 Å². The van der Waals surface area contributed by atoms with E-state index in [-0.39, 0.29) is 35.3 Å². The maximum atomic E-state index is 10.5. The molecule has 0 amide bonds. The van der Waals surface area contributed by atoms with E-state index in [0.29, 0.717) is 6.61 Å². The van der Waals surface area contributed by atoms with Gasteiger partial charge in [0, 0.05) is 12.9 Å². The molecule has 3 nitrogen and oxygen atoms in total. The topological polar surface area (TPSA) is 49.4 Å². The van der Waals surface area contributed by atoms with Gasteiger partial charge >= 0.3 is 29.6 Å². The largest absolute Gasteiger partial charge is 1.00 e. The minimum atomic E-state index is -2.04.